The molecule has 0 heterocycles. The summed E-state index contributed by atoms with van der Waals surface area (Å²) in [5.74, 6) is 1.43. The summed E-state index contributed by atoms with van der Waals surface area (Å²) < 4.78 is 6.83. The normalized spacial score (nSPS) is 12.8. The maximum atomic E-state index is 5.80. The predicted octanol–water partition coefficient (Wildman–Crippen LogP) is 3.77. The highest BCUT2D eigenvalue weighted by molar-refractivity contribution is 9.10. The molecule has 0 spiro atoms. The molecule has 1 atom stereocenters. The van der Waals surface area contributed by atoms with Crippen molar-refractivity contribution in [2.75, 3.05) is 13.2 Å². The molecule has 1 aromatic rings. The highest BCUT2D eigenvalue weighted by atomic mass is 79.9. The van der Waals surface area contributed by atoms with Gasteiger partial charge in [0.05, 0.1) is 11.1 Å². The molecule has 2 nitrogen and oxygen atoms in total. The van der Waals surface area contributed by atoms with Gasteiger partial charge in [0.15, 0.2) is 0 Å². The number of halogens is 1. The molecule has 0 aromatic heterocycles. The van der Waals surface area contributed by atoms with Gasteiger partial charge < -0.3 is 10.1 Å². The van der Waals surface area contributed by atoms with Gasteiger partial charge in [-0.2, -0.15) is 0 Å². The van der Waals surface area contributed by atoms with Crippen molar-refractivity contribution in [3.63, 3.8) is 0 Å². The molecular formula is C14H22BrNO. The van der Waals surface area contributed by atoms with Gasteiger partial charge in [0.1, 0.15) is 5.75 Å². The molecule has 0 amide bonds. The van der Waals surface area contributed by atoms with Crippen molar-refractivity contribution in [3.8, 4) is 5.75 Å². The van der Waals surface area contributed by atoms with Crippen LogP contribution in [0.15, 0.2) is 22.7 Å². The first-order valence-electron chi connectivity index (χ1n) is 6.11. The second-order valence-electron chi connectivity index (χ2n) is 4.91. The highest BCUT2D eigenvalue weighted by Crippen LogP contribution is 2.26. The Hall–Kier alpha value is -0.540. The maximum absolute atomic E-state index is 5.80. The molecule has 0 aliphatic rings. The van der Waals surface area contributed by atoms with E-state index >= 15 is 0 Å². The Morgan fingerprint density at radius 3 is 2.59 bits per heavy atom. The third kappa shape index (κ3) is 5.55. The quantitative estimate of drug-likeness (QED) is 0.863. The number of aryl methyl sites for hydroxylation is 1. The fraction of sp³-hybridized carbons (Fsp3) is 0.571. The van der Waals surface area contributed by atoms with Crippen LogP contribution in [0.2, 0.25) is 0 Å². The lowest BCUT2D eigenvalue weighted by Crippen LogP contribution is -2.30. The van der Waals surface area contributed by atoms with Crippen LogP contribution in [0, 0.1) is 12.8 Å². The summed E-state index contributed by atoms with van der Waals surface area (Å²) in [6.45, 7) is 10.3. The molecule has 1 N–H and O–H groups in total. The summed E-state index contributed by atoms with van der Waals surface area (Å²) in [6.07, 6.45) is 0. The van der Waals surface area contributed by atoms with Gasteiger partial charge in [-0.1, -0.05) is 26.8 Å². The van der Waals surface area contributed by atoms with E-state index in [-0.39, 0.29) is 0 Å². The fourth-order valence-corrected chi connectivity index (χ4v) is 2.06. The predicted molar refractivity (Wildman–Crippen MR) is 76.7 cm³/mol. The Kier molecular flexibility index (Phi) is 6.00. The average Bonchev–Trinajstić information content (AvgIpc) is 2.25. The number of benzene rings is 1. The summed E-state index contributed by atoms with van der Waals surface area (Å²) in [5, 5.41) is 3.41. The Labute approximate surface area is 113 Å². The first-order valence-corrected chi connectivity index (χ1v) is 6.90. The third-order valence-electron chi connectivity index (χ3n) is 2.49. The molecule has 1 rings (SSSR count). The molecular weight excluding hydrogens is 278 g/mol. The van der Waals surface area contributed by atoms with Crippen LogP contribution in [0.3, 0.4) is 0 Å². The van der Waals surface area contributed by atoms with Gasteiger partial charge in [-0.05, 0) is 40.5 Å². The second-order valence-corrected chi connectivity index (χ2v) is 5.77. The van der Waals surface area contributed by atoms with Crippen LogP contribution in [0.25, 0.3) is 0 Å². The summed E-state index contributed by atoms with van der Waals surface area (Å²) in [6, 6.07) is 6.69. The van der Waals surface area contributed by atoms with Crippen LogP contribution in [0.4, 0.5) is 0 Å². The van der Waals surface area contributed by atoms with Crippen molar-refractivity contribution >= 4 is 15.9 Å². The smallest absolute Gasteiger partial charge is 0.133 e. The average molecular weight is 300 g/mol. The number of hydrogen-bond acceptors (Lipinski definition) is 2. The van der Waals surface area contributed by atoms with E-state index in [1.807, 2.05) is 6.07 Å². The number of hydrogen-bond donors (Lipinski definition) is 1. The first kappa shape index (κ1) is 14.5. The van der Waals surface area contributed by atoms with E-state index in [0.29, 0.717) is 12.0 Å². The molecule has 0 fully saturated rings. The number of nitrogens with one attached hydrogen (secondary N) is 1. The van der Waals surface area contributed by atoms with Crippen LogP contribution in [-0.4, -0.2) is 19.2 Å². The SMILES string of the molecule is Cc1ccc(OCC(C)CNC(C)C)c(Br)c1. The Morgan fingerprint density at radius 2 is 2.00 bits per heavy atom. The van der Waals surface area contributed by atoms with Crippen LogP contribution in [0.5, 0.6) is 5.75 Å². The minimum Gasteiger partial charge on any atom is -0.492 e. The van der Waals surface area contributed by atoms with Crippen LogP contribution in [-0.2, 0) is 0 Å². The van der Waals surface area contributed by atoms with Gasteiger partial charge in [-0.3, -0.25) is 0 Å². The monoisotopic (exact) mass is 299 g/mol. The minimum atomic E-state index is 0.505. The lowest BCUT2D eigenvalue weighted by Gasteiger charge is -2.16. The molecule has 1 unspecified atom stereocenters. The van der Waals surface area contributed by atoms with Crippen molar-refractivity contribution in [2.45, 2.75) is 33.7 Å². The van der Waals surface area contributed by atoms with E-state index in [1.54, 1.807) is 0 Å². The van der Waals surface area contributed by atoms with Crippen LogP contribution in [0.1, 0.15) is 26.3 Å². The zero-order chi connectivity index (χ0) is 12.8. The van der Waals surface area contributed by atoms with E-state index in [0.717, 1.165) is 23.4 Å². The molecule has 96 valence electrons. The van der Waals surface area contributed by atoms with E-state index in [1.165, 1.54) is 5.56 Å². The largest absolute Gasteiger partial charge is 0.492 e. The third-order valence-corrected chi connectivity index (χ3v) is 3.11. The van der Waals surface area contributed by atoms with Gasteiger partial charge in [-0.15, -0.1) is 0 Å². The molecule has 17 heavy (non-hydrogen) atoms. The van der Waals surface area contributed by atoms with Crippen molar-refractivity contribution in [2.24, 2.45) is 5.92 Å². The van der Waals surface area contributed by atoms with Crippen molar-refractivity contribution in [3.05, 3.63) is 28.2 Å². The molecule has 0 aliphatic carbocycles. The van der Waals surface area contributed by atoms with E-state index in [2.05, 4.69) is 61.1 Å². The zero-order valence-electron chi connectivity index (χ0n) is 11.1. The topological polar surface area (TPSA) is 21.3 Å². The van der Waals surface area contributed by atoms with E-state index in [9.17, 15) is 0 Å². The fourth-order valence-electron chi connectivity index (χ4n) is 1.45. The Morgan fingerprint density at radius 1 is 1.29 bits per heavy atom. The van der Waals surface area contributed by atoms with Gasteiger partial charge in [-0.25, -0.2) is 0 Å². The lowest BCUT2D eigenvalue weighted by molar-refractivity contribution is 0.251. The first-order chi connectivity index (χ1) is 7.99. The van der Waals surface area contributed by atoms with Crippen molar-refractivity contribution in [1.29, 1.82) is 0 Å². The number of ether oxygens (including phenoxy) is 1. The van der Waals surface area contributed by atoms with Crippen molar-refractivity contribution in [1.82, 2.24) is 5.32 Å². The molecule has 3 heteroatoms. The Bertz CT molecular complexity index is 352. The van der Waals surface area contributed by atoms with Gasteiger partial charge >= 0.3 is 0 Å². The molecule has 0 radical (unpaired) electrons. The minimum absolute atomic E-state index is 0.505. The highest BCUT2D eigenvalue weighted by Gasteiger charge is 2.06. The summed E-state index contributed by atoms with van der Waals surface area (Å²) in [4.78, 5) is 0. The zero-order valence-corrected chi connectivity index (χ0v) is 12.7. The molecule has 1 aromatic carbocycles. The molecule has 0 saturated carbocycles. The lowest BCUT2D eigenvalue weighted by atomic mass is 10.2. The van der Waals surface area contributed by atoms with Crippen LogP contribution >= 0.6 is 15.9 Å². The van der Waals surface area contributed by atoms with Gasteiger partial charge in [0.2, 0.25) is 0 Å². The van der Waals surface area contributed by atoms with E-state index < -0.39 is 0 Å². The second kappa shape index (κ2) is 7.02. The van der Waals surface area contributed by atoms with Gasteiger partial charge in [0.25, 0.3) is 0 Å². The standard InChI is InChI=1S/C14H22BrNO/c1-10(2)16-8-12(4)9-17-14-6-5-11(3)7-13(14)15/h5-7,10,12,16H,8-9H2,1-4H3. The summed E-state index contributed by atoms with van der Waals surface area (Å²) >= 11 is 3.52. The van der Waals surface area contributed by atoms with E-state index in [4.69, 9.17) is 4.74 Å². The molecule has 0 aliphatic heterocycles. The van der Waals surface area contributed by atoms with Gasteiger partial charge in [0, 0.05) is 18.5 Å². The van der Waals surface area contributed by atoms with Crippen molar-refractivity contribution < 1.29 is 4.74 Å². The Balaban J connectivity index is 2.39. The molecule has 0 saturated heterocycles. The molecule has 0 bridgehead atoms. The summed E-state index contributed by atoms with van der Waals surface area (Å²) in [5.41, 5.74) is 1.23. The summed E-state index contributed by atoms with van der Waals surface area (Å²) in [7, 11) is 0. The number of rotatable bonds is 6. The van der Waals surface area contributed by atoms with Crippen LogP contribution < -0.4 is 10.1 Å². The maximum Gasteiger partial charge on any atom is 0.133 e.